The molecule has 1 saturated heterocycles. The molecule has 1 heterocycles. The predicted molar refractivity (Wildman–Crippen MR) is 92.0 cm³/mol. The summed E-state index contributed by atoms with van der Waals surface area (Å²) in [7, 11) is 1.53. The van der Waals surface area contributed by atoms with Gasteiger partial charge < -0.3 is 4.90 Å². The van der Waals surface area contributed by atoms with Crippen molar-refractivity contribution in [1.29, 1.82) is 0 Å². The Morgan fingerprint density at radius 1 is 1.22 bits per heavy atom. The lowest BCUT2D eigenvalue weighted by Gasteiger charge is -2.28. The molecule has 8 heteroatoms. The fourth-order valence-electron chi connectivity index (χ4n) is 3.46. The van der Waals surface area contributed by atoms with Crippen LogP contribution in [0.15, 0.2) is 24.3 Å². The lowest BCUT2D eigenvalue weighted by atomic mass is 10.1. The first kappa shape index (κ1) is 21.1. The molecule has 0 bridgehead atoms. The lowest BCUT2D eigenvalue weighted by molar-refractivity contribution is -0.780. The number of carbonyl (C=O) groups excluding carboxylic acids is 3. The van der Waals surface area contributed by atoms with E-state index in [-0.39, 0.29) is 41.7 Å². The van der Waals surface area contributed by atoms with E-state index < -0.39 is 11.7 Å². The second kappa shape index (κ2) is 8.21. The van der Waals surface area contributed by atoms with Crippen molar-refractivity contribution in [3.05, 3.63) is 35.4 Å². The van der Waals surface area contributed by atoms with Gasteiger partial charge in [0.2, 0.25) is 5.91 Å². The Morgan fingerprint density at radius 2 is 1.85 bits per heavy atom. The van der Waals surface area contributed by atoms with Gasteiger partial charge in [-0.05, 0) is 24.6 Å². The standard InChI is InChI=1S/C19H24F3N2O3/c1-14-4-3-11-24(14,13-25)18(27)10-9-17(26)23(2)12-15-5-7-16(8-6-15)19(20,21)22/h5-8,13-14H,3-4,9-12H2,1-2H3/q+1/t14-,24?/m1/s1. The fourth-order valence-corrected chi connectivity index (χ4v) is 3.46. The zero-order chi connectivity index (χ0) is 20.2. The summed E-state index contributed by atoms with van der Waals surface area (Å²) in [6.07, 6.45) is -2.18. The number of likely N-dealkylation sites (tertiary alicyclic amines) is 1. The van der Waals surface area contributed by atoms with Crippen LogP contribution in [0.5, 0.6) is 0 Å². The van der Waals surface area contributed by atoms with Gasteiger partial charge in [0.05, 0.1) is 18.5 Å². The first-order valence-electron chi connectivity index (χ1n) is 8.87. The molecule has 0 saturated carbocycles. The minimum absolute atomic E-state index is 0.0285. The SMILES string of the molecule is C[C@@H]1CCC[N+]1(C=O)C(=O)CCC(=O)N(C)Cc1ccc(C(F)(F)F)cc1. The lowest BCUT2D eigenvalue weighted by Crippen LogP contribution is -2.54. The average Bonchev–Trinajstić information content (AvgIpc) is 3.00. The van der Waals surface area contributed by atoms with Crippen molar-refractivity contribution in [3.8, 4) is 0 Å². The highest BCUT2D eigenvalue weighted by molar-refractivity contribution is 5.83. The predicted octanol–water partition coefficient (Wildman–Crippen LogP) is 3.13. The van der Waals surface area contributed by atoms with Crippen LogP contribution in [0, 0.1) is 0 Å². The normalized spacial score (nSPS) is 22.5. The topological polar surface area (TPSA) is 54.5 Å². The summed E-state index contributed by atoms with van der Waals surface area (Å²) in [6, 6.07) is 4.54. The molecular weight excluding hydrogens is 361 g/mol. The van der Waals surface area contributed by atoms with Crippen LogP contribution >= 0.6 is 0 Å². The Hall–Kier alpha value is -2.22. The van der Waals surface area contributed by atoms with E-state index in [4.69, 9.17) is 0 Å². The van der Waals surface area contributed by atoms with E-state index in [1.165, 1.54) is 24.1 Å². The van der Waals surface area contributed by atoms with Crippen LogP contribution < -0.4 is 0 Å². The monoisotopic (exact) mass is 385 g/mol. The van der Waals surface area contributed by atoms with Crippen molar-refractivity contribution in [2.75, 3.05) is 13.6 Å². The maximum absolute atomic E-state index is 12.6. The van der Waals surface area contributed by atoms with Crippen LogP contribution in [-0.2, 0) is 27.1 Å². The number of nitrogens with zero attached hydrogens (tertiary/aromatic N) is 2. The summed E-state index contributed by atoms with van der Waals surface area (Å²) in [6.45, 7) is 2.48. The van der Waals surface area contributed by atoms with E-state index in [2.05, 4.69) is 0 Å². The summed E-state index contributed by atoms with van der Waals surface area (Å²) in [5.74, 6) is -0.551. The van der Waals surface area contributed by atoms with Crippen molar-refractivity contribution >= 4 is 18.2 Å². The van der Waals surface area contributed by atoms with Crippen LogP contribution in [0.4, 0.5) is 13.2 Å². The Kier molecular flexibility index (Phi) is 6.41. The molecule has 27 heavy (non-hydrogen) atoms. The minimum atomic E-state index is -4.40. The maximum atomic E-state index is 12.6. The zero-order valence-electron chi connectivity index (χ0n) is 15.5. The van der Waals surface area contributed by atoms with Gasteiger partial charge in [-0.25, -0.2) is 9.59 Å². The van der Waals surface area contributed by atoms with Crippen LogP contribution in [0.2, 0.25) is 0 Å². The summed E-state index contributed by atoms with van der Waals surface area (Å²) in [5.41, 5.74) is -0.178. The first-order valence-corrected chi connectivity index (χ1v) is 8.87. The molecule has 0 aliphatic carbocycles. The van der Waals surface area contributed by atoms with Gasteiger partial charge in [-0.1, -0.05) is 12.1 Å². The maximum Gasteiger partial charge on any atom is 0.416 e. The molecule has 1 fully saturated rings. The van der Waals surface area contributed by atoms with Crippen LogP contribution in [0.1, 0.15) is 43.7 Å². The number of hydrogen-bond acceptors (Lipinski definition) is 3. The molecule has 2 atom stereocenters. The van der Waals surface area contributed by atoms with E-state index in [9.17, 15) is 27.6 Å². The van der Waals surface area contributed by atoms with Gasteiger partial charge in [0, 0.05) is 32.9 Å². The van der Waals surface area contributed by atoms with Crippen molar-refractivity contribution in [3.63, 3.8) is 0 Å². The second-order valence-electron chi connectivity index (χ2n) is 7.09. The third-order valence-electron chi connectivity index (χ3n) is 5.27. The molecule has 0 aromatic heterocycles. The molecule has 0 spiro atoms. The number of carbonyl (C=O) groups is 3. The van der Waals surface area contributed by atoms with E-state index in [0.29, 0.717) is 18.5 Å². The number of hydrogen-bond donors (Lipinski definition) is 0. The van der Waals surface area contributed by atoms with E-state index in [0.717, 1.165) is 25.0 Å². The van der Waals surface area contributed by atoms with Gasteiger partial charge in [-0.3, -0.25) is 4.79 Å². The Bertz CT molecular complexity index is 703. The molecule has 5 nitrogen and oxygen atoms in total. The third-order valence-corrected chi connectivity index (χ3v) is 5.27. The Morgan fingerprint density at radius 3 is 2.33 bits per heavy atom. The molecular formula is C19H24F3N2O3+. The smallest absolute Gasteiger partial charge is 0.341 e. The number of quaternary nitrogens is 1. The Balaban J connectivity index is 1.90. The molecule has 0 N–H and O–H groups in total. The quantitative estimate of drug-likeness (QED) is 0.559. The molecule has 1 aliphatic rings. The average molecular weight is 385 g/mol. The number of imide groups is 1. The molecule has 3 amide bonds. The van der Waals surface area contributed by atoms with Crippen LogP contribution in [-0.4, -0.2) is 47.2 Å². The molecule has 1 aliphatic heterocycles. The molecule has 2 rings (SSSR count). The molecule has 148 valence electrons. The summed E-state index contributed by atoms with van der Waals surface area (Å²) < 4.78 is 37.5. The van der Waals surface area contributed by atoms with E-state index in [1.54, 1.807) is 0 Å². The number of rotatable bonds is 6. The highest BCUT2D eigenvalue weighted by Gasteiger charge is 2.45. The van der Waals surface area contributed by atoms with Crippen molar-refractivity contribution in [2.45, 2.75) is 51.4 Å². The van der Waals surface area contributed by atoms with Crippen LogP contribution in [0.25, 0.3) is 0 Å². The third kappa shape index (κ3) is 4.74. The van der Waals surface area contributed by atoms with Gasteiger partial charge >= 0.3 is 18.5 Å². The Labute approximate surface area is 156 Å². The van der Waals surface area contributed by atoms with Gasteiger partial charge in [-0.2, -0.15) is 17.7 Å². The number of alkyl halides is 3. The molecule has 1 aromatic carbocycles. The molecule has 1 unspecified atom stereocenters. The van der Waals surface area contributed by atoms with E-state index in [1.807, 2.05) is 6.92 Å². The molecule has 0 radical (unpaired) electrons. The highest BCUT2D eigenvalue weighted by atomic mass is 19.4. The largest absolute Gasteiger partial charge is 0.416 e. The summed E-state index contributed by atoms with van der Waals surface area (Å²) in [4.78, 5) is 37.6. The first-order chi connectivity index (χ1) is 12.6. The van der Waals surface area contributed by atoms with Gasteiger partial charge in [0.25, 0.3) is 0 Å². The second-order valence-corrected chi connectivity index (χ2v) is 7.09. The summed E-state index contributed by atoms with van der Waals surface area (Å²) >= 11 is 0. The van der Waals surface area contributed by atoms with Gasteiger partial charge in [-0.15, -0.1) is 0 Å². The zero-order valence-corrected chi connectivity index (χ0v) is 15.5. The van der Waals surface area contributed by atoms with Crippen molar-refractivity contribution in [2.24, 2.45) is 0 Å². The van der Waals surface area contributed by atoms with E-state index >= 15 is 0 Å². The van der Waals surface area contributed by atoms with Gasteiger partial charge in [0.1, 0.15) is 6.04 Å². The number of amides is 3. The van der Waals surface area contributed by atoms with Gasteiger partial charge in [0.15, 0.2) is 0 Å². The summed E-state index contributed by atoms with van der Waals surface area (Å²) in [5, 5.41) is 0. The van der Waals surface area contributed by atoms with Crippen LogP contribution in [0.3, 0.4) is 0 Å². The number of benzene rings is 1. The fraction of sp³-hybridized carbons (Fsp3) is 0.526. The molecule has 1 aromatic rings. The highest BCUT2D eigenvalue weighted by Crippen LogP contribution is 2.29. The van der Waals surface area contributed by atoms with Crippen molar-refractivity contribution in [1.82, 2.24) is 4.90 Å². The van der Waals surface area contributed by atoms with Crippen molar-refractivity contribution < 1.29 is 32.0 Å². The number of halogens is 3. The minimum Gasteiger partial charge on any atom is -0.341 e.